The molecule has 2 atom stereocenters. The van der Waals surface area contributed by atoms with Crippen molar-refractivity contribution in [1.82, 2.24) is 0 Å². The van der Waals surface area contributed by atoms with Gasteiger partial charge in [-0.1, -0.05) is 30.3 Å². The van der Waals surface area contributed by atoms with Gasteiger partial charge in [-0.05, 0) is 17.7 Å². The van der Waals surface area contributed by atoms with Crippen molar-refractivity contribution in [1.29, 1.82) is 0 Å². The third kappa shape index (κ3) is 3.13. The van der Waals surface area contributed by atoms with Crippen LogP contribution >= 0.6 is 0 Å². The van der Waals surface area contributed by atoms with E-state index < -0.39 is 0 Å². The van der Waals surface area contributed by atoms with Crippen molar-refractivity contribution in [3.05, 3.63) is 75.8 Å². The van der Waals surface area contributed by atoms with Gasteiger partial charge in [0.1, 0.15) is 18.7 Å². The smallest absolute Gasteiger partial charge is 0.269 e. The van der Waals surface area contributed by atoms with E-state index in [1.165, 1.54) is 5.56 Å². The standard InChI is InChI=1S/C21H25N2O3/c24-21-18-10-12-23(13-11-18,20(21)14-16-4-2-1-3-5-16)15-17-6-8-19(9-7-17)22(25)26/h1-9,18,20-21,24H,10-15H2/q+1/t18?,20-,21-,23?/m1/s1. The summed E-state index contributed by atoms with van der Waals surface area (Å²) in [6.07, 6.45) is 2.75. The monoisotopic (exact) mass is 353 g/mol. The molecule has 0 aliphatic carbocycles. The number of non-ortho nitro benzene ring substituents is 1. The Morgan fingerprint density at radius 2 is 1.65 bits per heavy atom. The van der Waals surface area contributed by atoms with Gasteiger partial charge in [0, 0.05) is 42.9 Å². The van der Waals surface area contributed by atoms with Gasteiger partial charge in [0.2, 0.25) is 0 Å². The van der Waals surface area contributed by atoms with E-state index in [1.807, 2.05) is 18.2 Å². The molecule has 3 aliphatic rings. The first-order valence-electron chi connectivity index (χ1n) is 9.38. The van der Waals surface area contributed by atoms with Crippen LogP contribution in [-0.4, -0.2) is 39.7 Å². The Morgan fingerprint density at radius 1 is 1.00 bits per heavy atom. The van der Waals surface area contributed by atoms with Crippen molar-refractivity contribution >= 4 is 5.69 Å². The Kier molecular flexibility index (Phi) is 4.51. The summed E-state index contributed by atoms with van der Waals surface area (Å²) in [5.41, 5.74) is 2.51. The molecule has 1 N–H and O–H groups in total. The second-order valence-electron chi connectivity index (χ2n) is 7.83. The molecular weight excluding hydrogens is 328 g/mol. The Bertz CT molecular complexity index is 768. The number of aliphatic hydroxyl groups is 1. The molecule has 0 aromatic heterocycles. The second kappa shape index (κ2) is 6.82. The highest BCUT2D eigenvalue weighted by Gasteiger charge is 2.52. The SMILES string of the molecule is O=[N+]([O-])c1ccc(C[N+]23CCC(CC2)[C@@H](O)[C@H]3Cc2ccccc2)cc1. The van der Waals surface area contributed by atoms with Gasteiger partial charge in [0.15, 0.2) is 0 Å². The van der Waals surface area contributed by atoms with Crippen LogP contribution in [0, 0.1) is 16.0 Å². The molecule has 2 bridgehead atoms. The van der Waals surface area contributed by atoms with Crippen molar-refractivity contribution in [3.63, 3.8) is 0 Å². The first kappa shape index (κ1) is 17.2. The third-order valence-electron chi connectivity index (χ3n) is 6.40. The zero-order chi connectivity index (χ0) is 18.1. The minimum Gasteiger partial charge on any atom is -0.387 e. The maximum Gasteiger partial charge on any atom is 0.269 e. The molecule has 3 fully saturated rings. The lowest BCUT2D eigenvalue weighted by molar-refractivity contribution is -0.982. The molecule has 0 amide bonds. The maximum absolute atomic E-state index is 11.0. The number of hydrogen-bond acceptors (Lipinski definition) is 3. The number of quaternary nitrogens is 1. The van der Waals surface area contributed by atoms with Crippen LogP contribution in [0.25, 0.3) is 0 Å². The Balaban J connectivity index is 1.60. The number of piperidine rings is 3. The normalized spacial score (nSPS) is 30.3. The van der Waals surface area contributed by atoms with Crippen LogP contribution in [0.15, 0.2) is 54.6 Å². The van der Waals surface area contributed by atoms with E-state index in [0.29, 0.717) is 5.92 Å². The molecule has 26 heavy (non-hydrogen) atoms. The molecule has 136 valence electrons. The van der Waals surface area contributed by atoms with Crippen LogP contribution < -0.4 is 0 Å². The number of nitro groups is 1. The van der Waals surface area contributed by atoms with Crippen LogP contribution in [0.5, 0.6) is 0 Å². The van der Waals surface area contributed by atoms with E-state index in [-0.39, 0.29) is 22.8 Å². The van der Waals surface area contributed by atoms with E-state index in [4.69, 9.17) is 0 Å². The quantitative estimate of drug-likeness (QED) is 0.510. The van der Waals surface area contributed by atoms with Crippen LogP contribution in [0.1, 0.15) is 24.0 Å². The summed E-state index contributed by atoms with van der Waals surface area (Å²) in [6.45, 7) is 2.99. The fourth-order valence-electron chi connectivity index (χ4n) is 4.95. The number of nitrogens with zero attached hydrogens (tertiary/aromatic N) is 2. The molecular formula is C21H25N2O3+. The fraction of sp³-hybridized carbons (Fsp3) is 0.429. The average Bonchev–Trinajstić information content (AvgIpc) is 2.66. The molecule has 3 heterocycles. The highest BCUT2D eigenvalue weighted by Crippen LogP contribution is 2.41. The highest BCUT2D eigenvalue weighted by atomic mass is 16.6. The van der Waals surface area contributed by atoms with E-state index in [2.05, 4.69) is 24.3 Å². The Morgan fingerprint density at radius 3 is 2.27 bits per heavy atom. The summed E-state index contributed by atoms with van der Waals surface area (Å²) >= 11 is 0. The summed E-state index contributed by atoms with van der Waals surface area (Å²) in [7, 11) is 0. The highest BCUT2D eigenvalue weighted by molar-refractivity contribution is 5.32. The lowest BCUT2D eigenvalue weighted by Gasteiger charge is -2.57. The number of rotatable bonds is 5. The van der Waals surface area contributed by atoms with Crippen LogP contribution in [0.4, 0.5) is 5.69 Å². The van der Waals surface area contributed by atoms with Crippen LogP contribution in [-0.2, 0) is 13.0 Å². The lowest BCUT2D eigenvalue weighted by Crippen LogP contribution is -2.69. The van der Waals surface area contributed by atoms with Crippen molar-refractivity contribution in [3.8, 4) is 0 Å². The summed E-state index contributed by atoms with van der Waals surface area (Å²) in [5, 5.41) is 21.9. The van der Waals surface area contributed by atoms with Gasteiger partial charge in [0.25, 0.3) is 5.69 Å². The Labute approximate surface area is 153 Å². The third-order valence-corrected chi connectivity index (χ3v) is 6.40. The summed E-state index contributed by atoms with van der Waals surface area (Å²) in [6, 6.07) is 17.5. The number of aliphatic hydroxyl groups excluding tert-OH is 1. The van der Waals surface area contributed by atoms with Gasteiger partial charge < -0.3 is 9.59 Å². The molecule has 5 rings (SSSR count). The predicted molar refractivity (Wildman–Crippen MR) is 99.5 cm³/mol. The molecule has 2 aromatic rings. The zero-order valence-corrected chi connectivity index (χ0v) is 14.8. The van der Waals surface area contributed by atoms with E-state index in [0.717, 1.165) is 48.9 Å². The van der Waals surface area contributed by atoms with E-state index in [9.17, 15) is 15.2 Å². The topological polar surface area (TPSA) is 63.4 Å². The van der Waals surface area contributed by atoms with Gasteiger partial charge in [-0.2, -0.15) is 0 Å². The molecule has 0 spiro atoms. The number of hydrogen-bond donors (Lipinski definition) is 1. The van der Waals surface area contributed by atoms with Gasteiger partial charge in [-0.25, -0.2) is 0 Å². The second-order valence-corrected chi connectivity index (χ2v) is 7.83. The molecule has 3 saturated heterocycles. The van der Waals surface area contributed by atoms with Crippen molar-refractivity contribution in [2.24, 2.45) is 5.92 Å². The molecule has 0 saturated carbocycles. The van der Waals surface area contributed by atoms with Crippen LogP contribution in [0.3, 0.4) is 0 Å². The van der Waals surface area contributed by atoms with E-state index >= 15 is 0 Å². The minimum atomic E-state index is -0.356. The van der Waals surface area contributed by atoms with Gasteiger partial charge >= 0.3 is 0 Å². The van der Waals surface area contributed by atoms with Gasteiger partial charge in [-0.15, -0.1) is 0 Å². The minimum absolute atomic E-state index is 0.131. The predicted octanol–water partition coefficient (Wildman–Crippen LogP) is 3.31. The molecule has 5 nitrogen and oxygen atoms in total. The summed E-state index contributed by atoms with van der Waals surface area (Å²) in [4.78, 5) is 10.5. The average molecular weight is 353 g/mol. The number of nitro benzene ring substituents is 1. The summed E-state index contributed by atoms with van der Waals surface area (Å²) in [5.74, 6) is 0.417. The molecule has 5 heteroatoms. The Hall–Kier alpha value is -2.24. The van der Waals surface area contributed by atoms with Gasteiger partial charge in [-0.3, -0.25) is 10.1 Å². The maximum atomic E-state index is 11.0. The molecule has 0 unspecified atom stereocenters. The molecule has 2 aromatic carbocycles. The number of fused-ring (bicyclic) bond motifs is 3. The van der Waals surface area contributed by atoms with Crippen molar-refractivity contribution in [2.75, 3.05) is 13.1 Å². The summed E-state index contributed by atoms with van der Waals surface area (Å²) < 4.78 is 0.893. The van der Waals surface area contributed by atoms with Crippen molar-refractivity contribution in [2.45, 2.75) is 38.0 Å². The van der Waals surface area contributed by atoms with Crippen molar-refractivity contribution < 1.29 is 14.5 Å². The number of benzene rings is 2. The van der Waals surface area contributed by atoms with Gasteiger partial charge in [0.05, 0.1) is 18.0 Å². The molecule has 3 aliphatic heterocycles. The van der Waals surface area contributed by atoms with Crippen LogP contribution in [0.2, 0.25) is 0 Å². The zero-order valence-electron chi connectivity index (χ0n) is 14.8. The first-order chi connectivity index (χ1) is 12.6. The fourth-order valence-corrected chi connectivity index (χ4v) is 4.95. The lowest BCUT2D eigenvalue weighted by atomic mass is 9.75. The molecule has 0 radical (unpaired) electrons. The largest absolute Gasteiger partial charge is 0.387 e. The van der Waals surface area contributed by atoms with E-state index in [1.54, 1.807) is 12.1 Å². The first-order valence-corrected chi connectivity index (χ1v) is 9.38.